The van der Waals surface area contributed by atoms with E-state index in [-0.39, 0.29) is 0 Å². The van der Waals surface area contributed by atoms with Crippen LogP contribution in [0.15, 0.2) is 103 Å². The van der Waals surface area contributed by atoms with Crippen LogP contribution in [0.4, 0.5) is 13.2 Å². The van der Waals surface area contributed by atoms with Crippen molar-refractivity contribution >= 4 is 10.8 Å². The number of pyridine rings is 1. The van der Waals surface area contributed by atoms with Gasteiger partial charge < -0.3 is 0 Å². The lowest BCUT2D eigenvalue weighted by atomic mass is 9.97. The third kappa shape index (κ3) is 4.37. The molecular formula is C29H20F3N. The van der Waals surface area contributed by atoms with E-state index in [0.717, 1.165) is 56.4 Å². The van der Waals surface area contributed by atoms with Crippen LogP contribution in [0.1, 0.15) is 11.1 Å². The van der Waals surface area contributed by atoms with Gasteiger partial charge in [0.05, 0.1) is 11.3 Å². The second kappa shape index (κ2) is 8.21. The van der Waals surface area contributed by atoms with Crippen LogP contribution >= 0.6 is 0 Å². The zero-order valence-electron chi connectivity index (χ0n) is 17.9. The Morgan fingerprint density at radius 2 is 1.09 bits per heavy atom. The van der Waals surface area contributed by atoms with Gasteiger partial charge in [0.15, 0.2) is 0 Å². The van der Waals surface area contributed by atoms with Gasteiger partial charge in [0.25, 0.3) is 0 Å². The van der Waals surface area contributed by atoms with Crippen LogP contribution in [-0.4, -0.2) is 4.98 Å². The molecule has 0 aliphatic carbocycles. The standard InChI is InChI=1S/C29H20F3N/c1-19-2-4-22(5-3-19)28-15-12-25(18-33-28)24-9-7-21-6-8-23(16-26(21)17-24)20-10-13-27(14-11-20)29(30,31)32/h2-18H,1H3. The molecule has 0 atom stereocenters. The third-order valence-corrected chi connectivity index (χ3v) is 5.83. The van der Waals surface area contributed by atoms with E-state index in [2.05, 4.69) is 60.4 Å². The number of hydrogen-bond donors (Lipinski definition) is 0. The number of halogens is 3. The zero-order chi connectivity index (χ0) is 23.0. The normalized spacial score (nSPS) is 11.6. The van der Waals surface area contributed by atoms with E-state index in [4.69, 9.17) is 0 Å². The van der Waals surface area contributed by atoms with Gasteiger partial charge in [-0.25, -0.2) is 0 Å². The molecule has 1 heterocycles. The lowest BCUT2D eigenvalue weighted by molar-refractivity contribution is -0.137. The summed E-state index contributed by atoms with van der Waals surface area (Å²) in [4.78, 5) is 4.64. The molecule has 0 radical (unpaired) electrons. The summed E-state index contributed by atoms with van der Waals surface area (Å²) in [5.74, 6) is 0. The Hall–Kier alpha value is -3.92. The lowest BCUT2D eigenvalue weighted by Crippen LogP contribution is -2.03. The number of fused-ring (bicyclic) bond motifs is 1. The molecule has 5 rings (SSSR count). The highest BCUT2D eigenvalue weighted by Gasteiger charge is 2.29. The van der Waals surface area contributed by atoms with Crippen molar-refractivity contribution in [3.63, 3.8) is 0 Å². The van der Waals surface area contributed by atoms with Crippen molar-refractivity contribution < 1.29 is 13.2 Å². The molecule has 162 valence electrons. The summed E-state index contributed by atoms with van der Waals surface area (Å²) in [6, 6.07) is 29.8. The molecule has 33 heavy (non-hydrogen) atoms. The second-order valence-electron chi connectivity index (χ2n) is 8.15. The summed E-state index contributed by atoms with van der Waals surface area (Å²) < 4.78 is 38.6. The van der Waals surface area contributed by atoms with Gasteiger partial charge in [0, 0.05) is 17.3 Å². The average Bonchev–Trinajstić information content (AvgIpc) is 2.83. The van der Waals surface area contributed by atoms with Gasteiger partial charge in [0.1, 0.15) is 0 Å². The summed E-state index contributed by atoms with van der Waals surface area (Å²) >= 11 is 0. The Balaban J connectivity index is 1.46. The minimum atomic E-state index is -4.33. The van der Waals surface area contributed by atoms with Gasteiger partial charge >= 0.3 is 6.18 Å². The summed E-state index contributed by atoms with van der Waals surface area (Å²) in [5.41, 5.74) is 6.23. The smallest absolute Gasteiger partial charge is 0.256 e. The van der Waals surface area contributed by atoms with Crippen LogP contribution in [0.2, 0.25) is 0 Å². The Kier molecular flexibility index (Phi) is 5.21. The molecule has 0 aliphatic rings. The van der Waals surface area contributed by atoms with Crippen molar-refractivity contribution in [2.45, 2.75) is 13.1 Å². The highest BCUT2D eigenvalue weighted by molar-refractivity contribution is 5.91. The minimum absolute atomic E-state index is 0.643. The van der Waals surface area contributed by atoms with E-state index in [0.29, 0.717) is 0 Å². The fraction of sp³-hybridized carbons (Fsp3) is 0.0690. The maximum absolute atomic E-state index is 12.9. The molecule has 4 heteroatoms. The number of alkyl halides is 3. The Labute approximate surface area is 190 Å². The quantitative estimate of drug-likeness (QED) is 0.274. The van der Waals surface area contributed by atoms with E-state index >= 15 is 0 Å². The SMILES string of the molecule is Cc1ccc(-c2ccc(-c3ccc4ccc(-c5ccc(C(F)(F)F)cc5)cc4c3)cn2)cc1. The maximum Gasteiger partial charge on any atom is 0.416 e. The van der Waals surface area contributed by atoms with Crippen LogP contribution in [0.5, 0.6) is 0 Å². The molecule has 5 aromatic rings. The Bertz CT molecular complexity index is 1420. The highest BCUT2D eigenvalue weighted by Crippen LogP contribution is 2.33. The van der Waals surface area contributed by atoms with E-state index in [1.807, 2.05) is 30.5 Å². The fourth-order valence-electron chi connectivity index (χ4n) is 3.92. The third-order valence-electron chi connectivity index (χ3n) is 5.83. The van der Waals surface area contributed by atoms with Crippen LogP contribution in [0.3, 0.4) is 0 Å². The largest absolute Gasteiger partial charge is 0.416 e. The predicted molar refractivity (Wildman–Crippen MR) is 128 cm³/mol. The van der Waals surface area contributed by atoms with Gasteiger partial charge in [0.2, 0.25) is 0 Å². The molecular weight excluding hydrogens is 419 g/mol. The van der Waals surface area contributed by atoms with Crippen molar-refractivity contribution in [2.75, 3.05) is 0 Å². The maximum atomic E-state index is 12.9. The first kappa shape index (κ1) is 21.0. The monoisotopic (exact) mass is 439 g/mol. The fourth-order valence-corrected chi connectivity index (χ4v) is 3.92. The molecule has 0 unspecified atom stereocenters. The van der Waals surface area contributed by atoms with Gasteiger partial charge in [-0.15, -0.1) is 0 Å². The van der Waals surface area contributed by atoms with Gasteiger partial charge in [-0.2, -0.15) is 13.2 Å². The predicted octanol–water partition coefficient (Wildman–Crippen LogP) is 8.56. The van der Waals surface area contributed by atoms with Crippen LogP contribution in [0.25, 0.3) is 44.3 Å². The van der Waals surface area contributed by atoms with E-state index in [9.17, 15) is 13.2 Å². The summed E-state index contributed by atoms with van der Waals surface area (Å²) in [7, 11) is 0. The molecule has 0 saturated heterocycles. The molecule has 0 saturated carbocycles. The van der Waals surface area contributed by atoms with Gasteiger partial charge in [-0.1, -0.05) is 72.3 Å². The molecule has 0 N–H and O–H groups in total. The summed E-state index contributed by atoms with van der Waals surface area (Å²) in [6.07, 6.45) is -2.46. The first-order chi connectivity index (χ1) is 15.9. The Morgan fingerprint density at radius 1 is 0.545 bits per heavy atom. The number of rotatable bonds is 3. The average molecular weight is 439 g/mol. The van der Waals surface area contributed by atoms with E-state index in [1.54, 1.807) is 0 Å². The Morgan fingerprint density at radius 3 is 1.67 bits per heavy atom. The molecule has 0 aliphatic heterocycles. The lowest BCUT2D eigenvalue weighted by Gasteiger charge is -2.10. The zero-order valence-corrected chi connectivity index (χ0v) is 17.9. The number of aryl methyl sites for hydroxylation is 1. The highest BCUT2D eigenvalue weighted by atomic mass is 19.4. The van der Waals surface area contributed by atoms with Crippen molar-refractivity contribution in [3.05, 3.63) is 114 Å². The topological polar surface area (TPSA) is 12.9 Å². The molecule has 1 aromatic heterocycles. The van der Waals surface area contributed by atoms with Crippen LogP contribution in [0, 0.1) is 6.92 Å². The molecule has 1 nitrogen and oxygen atoms in total. The minimum Gasteiger partial charge on any atom is -0.256 e. The van der Waals surface area contributed by atoms with Crippen LogP contribution < -0.4 is 0 Å². The van der Waals surface area contributed by atoms with Gasteiger partial charge in [-0.3, -0.25) is 4.98 Å². The molecule has 0 spiro atoms. The number of nitrogens with zero attached hydrogens (tertiary/aromatic N) is 1. The number of hydrogen-bond acceptors (Lipinski definition) is 1. The number of benzene rings is 4. The van der Waals surface area contributed by atoms with Crippen molar-refractivity contribution in [1.29, 1.82) is 0 Å². The first-order valence-corrected chi connectivity index (χ1v) is 10.6. The molecule has 0 fully saturated rings. The van der Waals surface area contributed by atoms with Crippen LogP contribution in [-0.2, 0) is 6.18 Å². The number of aromatic nitrogens is 1. The van der Waals surface area contributed by atoms with E-state index in [1.165, 1.54) is 17.7 Å². The van der Waals surface area contributed by atoms with Crippen molar-refractivity contribution in [2.24, 2.45) is 0 Å². The summed E-state index contributed by atoms with van der Waals surface area (Å²) in [5, 5.41) is 2.09. The van der Waals surface area contributed by atoms with Crippen molar-refractivity contribution in [3.8, 4) is 33.5 Å². The molecule has 4 aromatic carbocycles. The second-order valence-corrected chi connectivity index (χ2v) is 8.15. The molecule has 0 bridgehead atoms. The van der Waals surface area contributed by atoms with Gasteiger partial charge in [-0.05, 0) is 64.7 Å². The summed E-state index contributed by atoms with van der Waals surface area (Å²) in [6.45, 7) is 2.06. The van der Waals surface area contributed by atoms with Crippen molar-refractivity contribution in [1.82, 2.24) is 4.98 Å². The first-order valence-electron chi connectivity index (χ1n) is 10.6. The van der Waals surface area contributed by atoms with E-state index < -0.39 is 11.7 Å². The molecule has 0 amide bonds.